The molecule has 2 aliphatic rings. The van der Waals surface area contributed by atoms with Gasteiger partial charge in [-0.25, -0.2) is 5.43 Å². The van der Waals surface area contributed by atoms with E-state index in [9.17, 15) is 14.9 Å². The predicted molar refractivity (Wildman–Crippen MR) is 82.6 cm³/mol. The number of hydrazone groups is 1. The third kappa shape index (κ3) is 2.86. The van der Waals surface area contributed by atoms with E-state index < -0.39 is 4.92 Å². The van der Waals surface area contributed by atoms with Crippen LogP contribution in [0.15, 0.2) is 29.4 Å². The standard InChI is InChI=1S/C16H19N3O3/c1-10(15-9-11-2-3-13(15)8-11)17-18-16(20)12-4-6-14(7-5-12)19(21)22/h4-7,11,13,15H,2-3,8-9H2,1H3,(H,18,20)/b17-10-/t11-,13+,15+/m0/s1. The molecule has 2 aliphatic carbocycles. The van der Waals surface area contributed by atoms with Crippen LogP contribution < -0.4 is 5.43 Å². The van der Waals surface area contributed by atoms with E-state index in [4.69, 9.17) is 0 Å². The van der Waals surface area contributed by atoms with Crippen molar-refractivity contribution in [3.05, 3.63) is 39.9 Å². The molecule has 1 aromatic carbocycles. The minimum atomic E-state index is -0.487. The maximum atomic E-state index is 12.0. The molecule has 0 saturated heterocycles. The molecule has 3 atom stereocenters. The molecule has 2 saturated carbocycles. The van der Waals surface area contributed by atoms with Gasteiger partial charge in [0.15, 0.2) is 0 Å². The Kier molecular flexibility index (Phi) is 3.92. The Balaban J connectivity index is 1.61. The summed E-state index contributed by atoms with van der Waals surface area (Å²) >= 11 is 0. The summed E-state index contributed by atoms with van der Waals surface area (Å²) in [6.07, 6.45) is 5.10. The highest BCUT2D eigenvalue weighted by Crippen LogP contribution is 2.48. The second-order valence-corrected chi connectivity index (χ2v) is 6.28. The predicted octanol–water partition coefficient (Wildman–Crippen LogP) is 3.14. The number of non-ortho nitro benzene ring substituents is 1. The Morgan fingerprint density at radius 2 is 2.00 bits per heavy atom. The molecule has 0 unspecified atom stereocenters. The van der Waals surface area contributed by atoms with E-state index in [-0.39, 0.29) is 11.6 Å². The molecule has 6 nitrogen and oxygen atoms in total. The quantitative estimate of drug-likeness (QED) is 0.526. The van der Waals surface area contributed by atoms with E-state index >= 15 is 0 Å². The highest BCUT2D eigenvalue weighted by atomic mass is 16.6. The number of nitro benzene ring substituents is 1. The van der Waals surface area contributed by atoms with Gasteiger partial charge >= 0.3 is 0 Å². The molecule has 0 radical (unpaired) electrons. The number of carbonyl (C=O) groups is 1. The van der Waals surface area contributed by atoms with Crippen molar-refractivity contribution in [2.45, 2.75) is 32.6 Å². The number of benzene rings is 1. The number of rotatable bonds is 4. The van der Waals surface area contributed by atoms with Crippen molar-refractivity contribution < 1.29 is 9.72 Å². The van der Waals surface area contributed by atoms with Crippen LogP contribution in [0.4, 0.5) is 5.69 Å². The van der Waals surface area contributed by atoms with Gasteiger partial charge in [0.2, 0.25) is 0 Å². The second kappa shape index (κ2) is 5.87. The first-order valence-electron chi connectivity index (χ1n) is 7.63. The van der Waals surface area contributed by atoms with Crippen LogP contribution in [-0.4, -0.2) is 16.5 Å². The number of nitrogens with one attached hydrogen (secondary N) is 1. The van der Waals surface area contributed by atoms with Crippen LogP contribution in [0.2, 0.25) is 0 Å². The van der Waals surface area contributed by atoms with Gasteiger partial charge in [0.1, 0.15) is 0 Å². The molecule has 22 heavy (non-hydrogen) atoms. The second-order valence-electron chi connectivity index (χ2n) is 6.28. The van der Waals surface area contributed by atoms with Crippen LogP contribution in [0.3, 0.4) is 0 Å². The lowest BCUT2D eigenvalue weighted by Gasteiger charge is -2.21. The first-order valence-corrected chi connectivity index (χ1v) is 7.63. The third-order valence-corrected chi connectivity index (χ3v) is 4.95. The van der Waals surface area contributed by atoms with Gasteiger partial charge in [-0.05, 0) is 50.2 Å². The van der Waals surface area contributed by atoms with Gasteiger partial charge in [-0.3, -0.25) is 14.9 Å². The van der Waals surface area contributed by atoms with E-state index in [0.717, 1.165) is 17.5 Å². The van der Waals surface area contributed by atoms with E-state index in [2.05, 4.69) is 10.5 Å². The summed E-state index contributed by atoms with van der Waals surface area (Å²) in [6.45, 7) is 1.97. The topological polar surface area (TPSA) is 84.6 Å². The summed E-state index contributed by atoms with van der Waals surface area (Å²) in [7, 11) is 0. The molecule has 2 fully saturated rings. The molecule has 3 rings (SSSR count). The Morgan fingerprint density at radius 1 is 1.27 bits per heavy atom. The smallest absolute Gasteiger partial charge is 0.267 e. The summed E-state index contributed by atoms with van der Waals surface area (Å²) in [5.41, 5.74) is 3.89. The number of amides is 1. The number of nitrogens with zero attached hydrogens (tertiary/aromatic N) is 2. The number of carbonyl (C=O) groups excluding carboxylic acids is 1. The lowest BCUT2D eigenvalue weighted by Crippen LogP contribution is -2.24. The van der Waals surface area contributed by atoms with Gasteiger partial charge in [-0.15, -0.1) is 0 Å². The van der Waals surface area contributed by atoms with Crippen molar-refractivity contribution in [3.63, 3.8) is 0 Å². The van der Waals surface area contributed by atoms with E-state index in [0.29, 0.717) is 11.5 Å². The van der Waals surface area contributed by atoms with Gasteiger partial charge in [0.05, 0.1) is 4.92 Å². The fourth-order valence-corrected chi connectivity index (χ4v) is 3.78. The molecular weight excluding hydrogens is 282 g/mol. The van der Waals surface area contributed by atoms with Crippen LogP contribution in [0.25, 0.3) is 0 Å². The van der Waals surface area contributed by atoms with Crippen molar-refractivity contribution >= 4 is 17.3 Å². The Bertz CT molecular complexity index is 624. The van der Waals surface area contributed by atoms with Crippen molar-refractivity contribution in [1.29, 1.82) is 0 Å². The molecule has 116 valence electrons. The minimum absolute atomic E-state index is 0.0294. The SMILES string of the molecule is C/C(=N/NC(=O)c1ccc([N+](=O)[O-])cc1)[C@H]1C[C@H]2CC[C@@H]1C2. The summed E-state index contributed by atoms with van der Waals surface area (Å²) in [5, 5.41) is 14.8. The average Bonchev–Trinajstić information content (AvgIpc) is 3.15. The molecule has 2 bridgehead atoms. The van der Waals surface area contributed by atoms with Crippen LogP contribution >= 0.6 is 0 Å². The third-order valence-electron chi connectivity index (χ3n) is 4.95. The van der Waals surface area contributed by atoms with Crippen LogP contribution in [0.1, 0.15) is 43.0 Å². The van der Waals surface area contributed by atoms with Gasteiger partial charge in [-0.2, -0.15) is 5.10 Å². The van der Waals surface area contributed by atoms with Gasteiger partial charge in [0, 0.05) is 29.3 Å². The largest absolute Gasteiger partial charge is 0.271 e. The first-order chi connectivity index (χ1) is 10.5. The molecule has 1 aromatic rings. The monoisotopic (exact) mass is 301 g/mol. The van der Waals surface area contributed by atoms with E-state index in [1.807, 2.05) is 6.92 Å². The van der Waals surface area contributed by atoms with Gasteiger partial charge in [0.25, 0.3) is 11.6 Å². The van der Waals surface area contributed by atoms with Crippen LogP contribution in [-0.2, 0) is 0 Å². The Hall–Kier alpha value is -2.24. The van der Waals surface area contributed by atoms with Gasteiger partial charge in [-0.1, -0.05) is 6.42 Å². The zero-order valence-corrected chi connectivity index (χ0v) is 12.5. The van der Waals surface area contributed by atoms with Crippen LogP contribution in [0, 0.1) is 27.9 Å². The molecule has 0 aromatic heterocycles. The fraction of sp³-hybridized carbons (Fsp3) is 0.500. The zero-order valence-electron chi connectivity index (χ0n) is 12.5. The molecule has 1 N–H and O–H groups in total. The van der Waals surface area contributed by atoms with Crippen molar-refractivity contribution in [3.8, 4) is 0 Å². The molecule has 6 heteroatoms. The summed E-state index contributed by atoms with van der Waals surface area (Å²) in [6, 6.07) is 5.52. The summed E-state index contributed by atoms with van der Waals surface area (Å²) in [5.74, 6) is 1.73. The minimum Gasteiger partial charge on any atom is -0.267 e. The highest BCUT2D eigenvalue weighted by molar-refractivity contribution is 5.95. The molecular formula is C16H19N3O3. The number of hydrogen-bond donors (Lipinski definition) is 1. The average molecular weight is 301 g/mol. The highest BCUT2D eigenvalue weighted by Gasteiger charge is 2.40. The normalized spacial score (nSPS) is 27.0. The van der Waals surface area contributed by atoms with E-state index in [1.165, 1.54) is 49.9 Å². The first kappa shape index (κ1) is 14.7. The van der Waals surface area contributed by atoms with Crippen molar-refractivity contribution in [2.75, 3.05) is 0 Å². The molecule has 0 spiro atoms. The van der Waals surface area contributed by atoms with Crippen LogP contribution in [0.5, 0.6) is 0 Å². The Morgan fingerprint density at radius 3 is 2.55 bits per heavy atom. The molecule has 0 aliphatic heterocycles. The number of nitro groups is 1. The fourth-order valence-electron chi connectivity index (χ4n) is 3.78. The number of hydrogen-bond acceptors (Lipinski definition) is 4. The lowest BCUT2D eigenvalue weighted by molar-refractivity contribution is -0.384. The summed E-state index contributed by atoms with van der Waals surface area (Å²) in [4.78, 5) is 22.1. The molecule has 0 heterocycles. The van der Waals surface area contributed by atoms with Crippen molar-refractivity contribution in [2.24, 2.45) is 22.9 Å². The van der Waals surface area contributed by atoms with E-state index in [1.54, 1.807) is 0 Å². The maximum absolute atomic E-state index is 12.0. The number of fused-ring (bicyclic) bond motifs is 2. The lowest BCUT2D eigenvalue weighted by atomic mass is 9.86. The molecule has 1 amide bonds. The maximum Gasteiger partial charge on any atom is 0.271 e. The summed E-state index contributed by atoms with van der Waals surface area (Å²) < 4.78 is 0. The van der Waals surface area contributed by atoms with Gasteiger partial charge < -0.3 is 0 Å². The van der Waals surface area contributed by atoms with Crippen molar-refractivity contribution in [1.82, 2.24) is 5.43 Å². The Labute approximate surface area is 128 Å². The zero-order chi connectivity index (χ0) is 15.7.